The molecule has 3 rings (SSSR count). The molecule has 0 atom stereocenters. The van der Waals surface area contributed by atoms with Gasteiger partial charge in [0.15, 0.2) is 4.34 Å². The summed E-state index contributed by atoms with van der Waals surface area (Å²) in [5, 5.41) is 15.3. The summed E-state index contributed by atoms with van der Waals surface area (Å²) in [6, 6.07) is 14.6. The van der Waals surface area contributed by atoms with Crippen LogP contribution in [0, 0.1) is 0 Å². The van der Waals surface area contributed by atoms with E-state index in [-0.39, 0.29) is 11.7 Å². The summed E-state index contributed by atoms with van der Waals surface area (Å²) in [6.07, 6.45) is 0. The Kier molecular flexibility index (Phi) is 6.32. The summed E-state index contributed by atoms with van der Waals surface area (Å²) in [4.78, 5) is 12.0. The zero-order chi connectivity index (χ0) is 18.4. The Bertz CT molecular complexity index is 886. The third-order valence-electron chi connectivity index (χ3n) is 3.22. The molecule has 26 heavy (non-hydrogen) atoms. The molecule has 1 amide bonds. The van der Waals surface area contributed by atoms with Crippen molar-refractivity contribution in [3.05, 3.63) is 53.6 Å². The average Bonchev–Trinajstić information content (AvgIpc) is 3.10. The number of benzene rings is 2. The molecular formula is C17H15ClN4O2S2. The summed E-state index contributed by atoms with van der Waals surface area (Å²) in [5.74, 6) is 0.860. The van der Waals surface area contributed by atoms with Crippen molar-refractivity contribution in [3.8, 4) is 5.75 Å². The van der Waals surface area contributed by atoms with Gasteiger partial charge in [-0.1, -0.05) is 46.8 Å². The lowest BCUT2D eigenvalue weighted by molar-refractivity contribution is -0.113. The minimum absolute atomic E-state index is 0.150. The van der Waals surface area contributed by atoms with E-state index in [1.807, 2.05) is 36.4 Å². The Labute approximate surface area is 163 Å². The first-order chi connectivity index (χ1) is 12.6. The Hall–Kier alpha value is -2.29. The van der Waals surface area contributed by atoms with Gasteiger partial charge in [0.05, 0.1) is 23.6 Å². The number of nitrogens with zero attached hydrogens (tertiary/aromatic N) is 2. The van der Waals surface area contributed by atoms with E-state index < -0.39 is 0 Å². The summed E-state index contributed by atoms with van der Waals surface area (Å²) in [6.45, 7) is 0. The van der Waals surface area contributed by atoms with Crippen LogP contribution in [-0.2, 0) is 4.79 Å². The molecule has 0 saturated heterocycles. The number of anilines is 3. The fourth-order valence-corrected chi connectivity index (χ4v) is 3.75. The first kappa shape index (κ1) is 18.5. The van der Waals surface area contributed by atoms with Crippen LogP contribution in [0.3, 0.4) is 0 Å². The van der Waals surface area contributed by atoms with Crippen molar-refractivity contribution < 1.29 is 9.53 Å². The monoisotopic (exact) mass is 406 g/mol. The predicted octanol–water partition coefficient (Wildman–Crippen LogP) is 4.67. The Morgan fingerprint density at radius 3 is 2.69 bits per heavy atom. The molecule has 1 heterocycles. The molecule has 3 aromatic rings. The number of carbonyl (C=O) groups is 1. The van der Waals surface area contributed by atoms with Gasteiger partial charge in [-0.3, -0.25) is 4.79 Å². The van der Waals surface area contributed by atoms with E-state index in [1.54, 1.807) is 19.2 Å². The van der Waals surface area contributed by atoms with Gasteiger partial charge in [-0.25, -0.2) is 0 Å². The van der Waals surface area contributed by atoms with Gasteiger partial charge < -0.3 is 15.4 Å². The smallest absolute Gasteiger partial charge is 0.234 e. The van der Waals surface area contributed by atoms with Gasteiger partial charge in [0, 0.05) is 5.69 Å². The number of hydrogen-bond acceptors (Lipinski definition) is 7. The third-order valence-corrected chi connectivity index (χ3v) is 5.52. The van der Waals surface area contributed by atoms with Crippen LogP contribution in [0.15, 0.2) is 52.9 Å². The second kappa shape index (κ2) is 8.88. The fraction of sp³-hybridized carbons (Fsp3) is 0.118. The molecule has 0 fully saturated rings. The highest BCUT2D eigenvalue weighted by Crippen LogP contribution is 2.28. The molecule has 0 aliphatic heterocycles. The number of carbonyl (C=O) groups excluding carboxylic acids is 1. The van der Waals surface area contributed by atoms with Gasteiger partial charge in [-0.2, -0.15) is 0 Å². The summed E-state index contributed by atoms with van der Waals surface area (Å²) < 4.78 is 5.83. The lowest BCUT2D eigenvalue weighted by Crippen LogP contribution is -2.14. The van der Waals surface area contributed by atoms with Crippen LogP contribution in [0.5, 0.6) is 5.75 Å². The number of aromatic nitrogens is 2. The second-order valence-corrected chi connectivity index (χ2v) is 7.65. The molecule has 2 aromatic carbocycles. The van der Waals surface area contributed by atoms with Crippen LogP contribution in [0.2, 0.25) is 5.02 Å². The number of halogens is 1. The van der Waals surface area contributed by atoms with Gasteiger partial charge in [0.1, 0.15) is 5.75 Å². The van der Waals surface area contributed by atoms with E-state index in [0.717, 1.165) is 11.4 Å². The zero-order valence-corrected chi connectivity index (χ0v) is 16.1. The lowest BCUT2D eigenvalue weighted by atomic mass is 10.3. The first-order valence-corrected chi connectivity index (χ1v) is 9.74. The van der Waals surface area contributed by atoms with E-state index in [1.165, 1.54) is 23.1 Å². The zero-order valence-electron chi connectivity index (χ0n) is 13.7. The molecule has 0 aliphatic rings. The number of amides is 1. The van der Waals surface area contributed by atoms with Gasteiger partial charge in [0.2, 0.25) is 11.0 Å². The lowest BCUT2D eigenvalue weighted by Gasteiger charge is -2.05. The average molecular weight is 407 g/mol. The minimum Gasteiger partial charge on any atom is -0.497 e. The van der Waals surface area contributed by atoms with Gasteiger partial charge in [-0.15, -0.1) is 10.2 Å². The quantitative estimate of drug-likeness (QED) is 0.555. The minimum atomic E-state index is -0.150. The fourth-order valence-electron chi connectivity index (χ4n) is 1.99. The van der Waals surface area contributed by atoms with Crippen LogP contribution in [0.1, 0.15) is 0 Å². The molecule has 0 unspecified atom stereocenters. The maximum Gasteiger partial charge on any atom is 0.234 e. The van der Waals surface area contributed by atoms with Crippen molar-refractivity contribution in [2.75, 3.05) is 23.5 Å². The van der Waals surface area contributed by atoms with Gasteiger partial charge in [0.25, 0.3) is 0 Å². The Balaban J connectivity index is 1.51. The van der Waals surface area contributed by atoms with E-state index in [9.17, 15) is 4.79 Å². The van der Waals surface area contributed by atoms with Crippen molar-refractivity contribution in [3.63, 3.8) is 0 Å². The molecule has 134 valence electrons. The maximum atomic E-state index is 12.0. The van der Waals surface area contributed by atoms with Gasteiger partial charge in [-0.05, 0) is 36.4 Å². The number of para-hydroxylation sites is 1. The van der Waals surface area contributed by atoms with Crippen LogP contribution in [0.4, 0.5) is 16.5 Å². The Morgan fingerprint density at radius 2 is 1.96 bits per heavy atom. The van der Waals surface area contributed by atoms with Crippen molar-refractivity contribution in [2.24, 2.45) is 0 Å². The number of hydrogen-bond donors (Lipinski definition) is 2. The molecule has 9 heteroatoms. The van der Waals surface area contributed by atoms with Crippen molar-refractivity contribution >= 4 is 57.1 Å². The van der Waals surface area contributed by atoms with E-state index in [2.05, 4.69) is 20.8 Å². The van der Waals surface area contributed by atoms with Crippen LogP contribution < -0.4 is 15.4 Å². The number of nitrogens with one attached hydrogen (secondary N) is 2. The highest BCUT2D eigenvalue weighted by Gasteiger charge is 2.10. The topological polar surface area (TPSA) is 76.1 Å². The molecule has 2 N–H and O–H groups in total. The molecule has 0 bridgehead atoms. The second-order valence-electron chi connectivity index (χ2n) is 5.04. The van der Waals surface area contributed by atoms with Gasteiger partial charge >= 0.3 is 0 Å². The SMILES string of the molecule is COc1ccc(Nc2nnc(SCC(=O)Nc3ccccc3Cl)s2)cc1. The highest BCUT2D eigenvalue weighted by molar-refractivity contribution is 8.01. The first-order valence-electron chi connectivity index (χ1n) is 7.56. The molecule has 0 aliphatic carbocycles. The molecular weight excluding hydrogens is 392 g/mol. The van der Waals surface area contributed by atoms with Crippen molar-refractivity contribution in [1.29, 1.82) is 0 Å². The van der Waals surface area contributed by atoms with Crippen LogP contribution in [0.25, 0.3) is 0 Å². The molecule has 0 radical (unpaired) electrons. The summed E-state index contributed by atoms with van der Waals surface area (Å²) in [7, 11) is 1.62. The number of ether oxygens (including phenoxy) is 1. The van der Waals surface area contributed by atoms with Crippen molar-refractivity contribution in [1.82, 2.24) is 10.2 Å². The van der Waals surface area contributed by atoms with E-state index >= 15 is 0 Å². The number of thioether (sulfide) groups is 1. The molecule has 0 spiro atoms. The van der Waals surface area contributed by atoms with Crippen LogP contribution in [-0.4, -0.2) is 29.0 Å². The van der Waals surface area contributed by atoms with Crippen LogP contribution >= 0.6 is 34.7 Å². The maximum absolute atomic E-state index is 12.0. The third kappa shape index (κ3) is 5.10. The highest BCUT2D eigenvalue weighted by atomic mass is 35.5. The summed E-state index contributed by atoms with van der Waals surface area (Å²) >= 11 is 8.73. The predicted molar refractivity (Wildman–Crippen MR) is 107 cm³/mol. The molecule has 6 nitrogen and oxygen atoms in total. The molecule has 1 aromatic heterocycles. The number of rotatable bonds is 7. The summed E-state index contributed by atoms with van der Waals surface area (Å²) in [5.41, 5.74) is 1.48. The Morgan fingerprint density at radius 1 is 1.19 bits per heavy atom. The van der Waals surface area contributed by atoms with E-state index in [4.69, 9.17) is 16.3 Å². The standard InChI is InChI=1S/C17H15ClN4O2S2/c1-24-12-8-6-11(7-9-12)19-16-21-22-17(26-16)25-10-15(23)20-14-5-3-2-4-13(14)18/h2-9H,10H2,1H3,(H,19,21)(H,20,23). The van der Waals surface area contributed by atoms with Crippen molar-refractivity contribution in [2.45, 2.75) is 4.34 Å². The number of methoxy groups -OCH3 is 1. The largest absolute Gasteiger partial charge is 0.497 e. The van der Waals surface area contributed by atoms with E-state index in [0.29, 0.717) is 20.2 Å². The molecule has 0 saturated carbocycles. The normalized spacial score (nSPS) is 10.4.